The van der Waals surface area contributed by atoms with Crippen LogP contribution in [-0.4, -0.2) is 103 Å². The summed E-state index contributed by atoms with van der Waals surface area (Å²) >= 11 is 0. The first kappa shape index (κ1) is 21.4. The van der Waals surface area contributed by atoms with E-state index in [4.69, 9.17) is 18.9 Å². The number of aliphatic hydroxyl groups excluding tert-OH is 5. The lowest BCUT2D eigenvalue weighted by Crippen LogP contribution is -2.70. The molecule has 2 aliphatic heterocycles. The van der Waals surface area contributed by atoms with Crippen LogP contribution in [0.3, 0.4) is 0 Å². The Morgan fingerprint density at radius 1 is 1.21 bits per heavy atom. The minimum absolute atomic E-state index is 0.237. The Labute approximate surface area is 160 Å². The first-order valence-corrected chi connectivity index (χ1v) is 8.89. The van der Waals surface area contributed by atoms with Gasteiger partial charge in [-0.2, -0.15) is 0 Å². The van der Waals surface area contributed by atoms with Gasteiger partial charge in [-0.3, -0.25) is 4.79 Å². The summed E-state index contributed by atoms with van der Waals surface area (Å²) in [6.45, 7) is 1.53. The maximum Gasteiger partial charge on any atom is 0.303 e. The number of esters is 1. The van der Waals surface area contributed by atoms with Crippen LogP contribution in [0.5, 0.6) is 0 Å². The second-order valence-corrected chi connectivity index (χ2v) is 7.63. The van der Waals surface area contributed by atoms with Gasteiger partial charge in [-0.05, 0) is 13.0 Å². The average molecular weight is 406 g/mol. The Bertz CT molecular complexity index is 639. The van der Waals surface area contributed by atoms with Gasteiger partial charge in [-0.15, -0.1) is 0 Å². The third-order valence-electron chi connectivity index (χ3n) is 5.84. The van der Waals surface area contributed by atoms with E-state index in [2.05, 4.69) is 0 Å². The van der Waals surface area contributed by atoms with Crippen molar-refractivity contribution in [1.29, 1.82) is 0 Å². The van der Waals surface area contributed by atoms with Crippen molar-refractivity contribution in [3.8, 4) is 0 Å². The van der Waals surface area contributed by atoms with Gasteiger partial charge in [0.2, 0.25) is 5.60 Å². The van der Waals surface area contributed by atoms with E-state index < -0.39 is 66.2 Å². The SMILES string of the molecule is CC(=O)O[C@@]12COC=C[C@]1(O)[C@@H](O)C[C@]2(C)O[C@@H]1O[C@H](CO)[C@@H](O)[C@H](O)[C@H]1O. The molecule has 1 saturated carbocycles. The van der Waals surface area contributed by atoms with Crippen molar-refractivity contribution in [2.24, 2.45) is 0 Å². The van der Waals surface area contributed by atoms with Crippen LogP contribution in [0.1, 0.15) is 20.3 Å². The molecule has 0 unspecified atom stereocenters. The fourth-order valence-corrected chi connectivity index (χ4v) is 4.24. The van der Waals surface area contributed by atoms with Gasteiger partial charge in [0.15, 0.2) is 11.9 Å². The van der Waals surface area contributed by atoms with Crippen molar-refractivity contribution in [3.63, 3.8) is 0 Å². The minimum atomic E-state index is -2.04. The predicted molar refractivity (Wildman–Crippen MR) is 88.4 cm³/mol. The molecule has 1 saturated heterocycles. The number of carbonyl (C=O) groups excluding carboxylic acids is 1. The van der Waals surface area contributed by atoms with Crippen molar-refractivity contribution in [1.82, 2.24) is 0 Å². The molecule has 3 rings (SSSR count). The summed E-state index contributed by atoms with van der Waals surface area (Å²) in [6, 6.07) is 0. The predicted octanol–water partition coefficient (Wildman–Crippen LogP) is -3.10. The topological polar surface area (TPSA) is 175 Å². The van der Waals surface area contributed by atoms with E-state index in [0.29, 0.717) is 0 Å². The Morgan fingerprint density at radius 3 is 2.50 bits per heavy atom. The summed E-state index contributed by atoms with van der Waals surface area (Å²) < 4.78 is 21.9. The summed E-state index contributed by atoms with van der Waals surface area (Å²) in [4.78, 5) is 11.8. The third kappa shape index (κ3) is 2.94. The first-order valence-electron chi connectivity index (χ1n) is 8.89. The number of hydrogen-bond acceptors (Lipinski definition) is 11. The molecule has 0 aromatic carbocycles. The molecule has 9 atom stereocenters. The average Bonchev–Trinajstić information content (AvgIpc) is 2.79. The van der Waals surface area contributed by atoms with E-state index >= 15 is 0 Å². The highest BCUT2D eigenvalue weighted by Gasteiger charge is 2.75. The molecule has 3 aliphatic rings. The minimum Gasteiger partial charge on any atom is -0.497 e. The van der Waals surface area contributed by atoms with Gasteiger partial charge in [-0.1, -0.05) is 0 Å². The Kier molecular flexibility index (Phi) is 5.49. The standard InChI is InChI=1S/C17H26O11/c1-8(19)27-17-7-25-4-3-16(17,24)10(20)5-15(17,2)28-14-13(23)12(22)11(21)9(6-18)26-14/h3-4,9-14,18,20-24H,5-7H2,1-2H3/t9-,10+,11-,12+,13-,14+,15+,16+,17-/m1/s1. The maximum atomic E-state index is 11.8. The van der Waals surface area contributed by atoms with Crippen LogP contribution in [0.15, 0.2) is 12.3 Å². The zero-order valence-corrected chi connectivity index (χ0v) is 15.5. The van der Waals surface area contributed by atoms with Gasteiger partial charge < -0.3 is 49.6 Å². The first-order chi connectivity index (χ1) is 13.0. The van der Waals surface area contributed by atoms with Crippen molar-refractivity contribution in [2.75, 3.05) is 13.2 Å². The molecular weight excluding hydrogens is 380 g/mol. The van der Waals surface area contributed by atoms with Gasteiger partial charge in [0, 0.05) is 13.3 Å². The van der Waals surface area contributed by atoms with Crippen LogP contribution in [0.4, 0.5) is 0 Å². The number of aliphatic hydroxyl groups is 6. The van der Waals surface area contributed by atoms with Crippen LogP contribution in [-0.2, 0) is 23.7 Å². The van der Waals surface area contributed by atoms with E-state index in [1.54, 1.807) is 0 Å². The Morgan fingerprint density at radius 2 is 1.89 bits per heavy atom. The summed E-state index contributed by atoms with van der Waals surface area (Å²) in [5, 5.41) is 61.1. The third-order valence-corrected chi connectivity index (χ3v) is 5.84. The molecule has 0 aromatic rings. The molecule has 11 nitrogen and oxygen atoms in total. The number of fused-ring (bicyclic) bond motifs is 1. The smallest absolute Gasteiger partial charge is 0.303 e. The van der Waals surface area contributed by atoms with Crippen molar-refractivity contribution >= 4 is 5.97 Å². The summed E-state index contributed by atoms with van der Waals surface area (Å²) in [6.07, 6.45) is -7.08. The lowest BCUT2D eigenvalue weighted by molar-refractivity contribution is -0.349. The number of carbonyl (C=O) groups is 1. The number of rotatable bonds is 4. The number of hydrogen-bond donors (Lipinski definition) is 6. The maximum absolute atomic E-state index is 11.8. The highest BCUT2D eigenvalue weighted by Crippen LogP contribution is 2.54. The summed E-state index contributed by atoms with van der Waals surface area (Å²) in [5.74, 6) is -0.768. The molecule has 6 N–H and O–H groups in total. The normalized spacial score (nSPS) is 50.7. The van der Waals surface area contributed by atoms with Gasteiger partial charge in [0.25, 0.3) is 0 Å². The molecule has 2 heterocycles. The van der Waals surface area contributed by atoms with Crippen molar-refractivity contribution in [2.45, 2.75) is 73.9 Å². The Balaban J connectivity index is 1.97. The molecule has 0 radical (unpaired) electrons. The van der Waals surface area contributed by atoms with Gasteiger partial charge >= 0.3 is 5.97 Å². The van der Waals surface area contributed by atoms with E-state index in [1.165, 1.54) is 13.2 Å². The van der Waals surface area contributed by atoms with Gasteiger partial charge in [-0.25, -0.2) is 0 Å². The van der Waals surface area contributed by atoms with Crippen LogP contribution >= 0.6 is 0 Å². The molecular formula is C17H26O11. The molecule has 0 spiro atoms. The lowest BCUT2D eigenvalue weighted by atomic mass is 9.77. The molecule has 28 heavy (non-hydrogen) atoms. The zero-order valence-electron chi connectivity index (χ0n) is 15.5. The highest BCUT2D eigenvalue weighted by molar-refractivity contribution is 5.67. The second-order valence-electron chi connectivity index (χ2n) is 7.63. The van der Waals surface area contributed by atoms with E-state index in [-0.39, 0.29) is 13.0 Å². The second kappa shape index (κ2) is 7.18. The van der Waals surface area contributed by atoms with Crippen LogP contribution in [0.25, 0.3) is 0 Å². The summed E-state index contributed by atoms with van der Waals surface area (Å²) in [7, 11) is 0. The fourth-order valence-electron chi connectivity index (χ4n) is 4.24. The number of ether oxygens (including phenoxy) is 4. The van der Waals surface area contributed by atoms with Crippen molar-refractivity contribution < 1.29 is 54.4 Å². The largest absolute Gasteiger partial charge is 0.497 e. The molecule has 11 heteroatoms. The van der Waals surface area contributed by atoms with Crippen LogP contribution < -0.4 is 0 Å². The Hall–Kier alpha value is -1.31. The molecule has 0 bridgehead atoms. The lowest BCUT2D eigenvalue weighted by Gasteiger charge is -2.51. The fraction of sp³-hybridized carbons (Fsp3) is 0.824. The van der Waals surface area contributed by atoms with E-state index in [1.807, 2.05) is 0 Å². The quantitative estimate of drug-likeness (QED) is 0.261. The van der Waals surface area contributed by atoms with Gasteiger partial charge in [0.05, 0.1) is 19.0 Å². The molecule has 1 aliphatic carbocycles. The van der Waals surface area contributed by atoms with Crippen molar-refractivity contribution in [3.05, 3.63) is 12.3 Å². The molecule has 160 valence electrons. The van der Waals surface area contributed by atoms with E-state index in [9.17, 15) is 35.4 Å². The molecule has 0 aromatic heterocycles. The zero-order chi connectivity index (χ0) is 20.9. The monoisotopic (exact) mass is 406 g/mol. The van der Waals surface area contributed by atoms with Crippen LogP contribution in [0, 0.1) is 0 Å². The van der Waals surface area contributed by atoms with E-state index in [0.717, 1.165) is 13.0 Å². The van der Waals surface area contributed by atoms with Gasteiger partial charge in [0.1, 0.15) is 36.6 Å². The summed E-state index contributed by atoms with van der Waals surface area (Å²) in [5.41, 5.74) is -5.57. The van der Waals surface area contributed by atoms with Crippen LogP contribution in [0.2, 0.25) is 0 Å². The molecule has 0 amide bonds. The highest BCUT2D eigenvalue weighted by atomic mass is 16.7. The molecule has 2 fully saturated rings.